The Kier molecular flexibility index (Phi) is 20.8. The van der Waals surface area contributed by atoms with Gasteiger partial charge in [0.2, 0.25) is 11.6 Å². The number of aromatic amines is 2. The third-order valence-electron chi connectivity index (χ3n) is 10.8. The number of hydrogen-bond donors (Lipinski definition) is 2. The molecular formula is C57H59CoFeN4O4. The molecule has 0 spiro atoms. The van der Waals surface area contributed by atoms with E-state index in [0.717, 1.165) is 50.1 Å². The Balaban J connectivity index is 0.000000247. The number of ketones is 2. The van der Waals surface area contributed by atoms with Crippen molar-refractivity contribution in [3.8, 4) is 22.5 Å². The van der Waals surface area contributed by atoms with Crippen molar-refractivity contribution < 1.29 is 42.4 Å². The normalized spacial score (nSPS) is 11.1. The fourth-order valence-electron chi connectivity index (χ4n) is 7.17. The Morgan fingerprint density at radius 3 is 1.04 bits per heavy atom. The van der Waals surface area contributed by atoms with Crippen molar-refractivity contribution in [3.05, 3.63) is 211 Å². The van der Waals surface area contributed by atoms with E-state index in [-0.39, 0.29) is 51.9 Å². The van der Waals surface area contributed by atoms with Crippen LogP contribution in [0.1, 0.15) is 128 Å². The number of aliphatic imine (C=N–C) groups is 2. The zero-order valence-electron chi connectivity index (χ0n) is 39.3. The van der Waals surface area contributed by atoms with E-state index in [1.54, 1.807) is 24.3 Å². The molecule has 5 aromatic carbocycles. The summed E-state index contributed by atoms with van der Waals surface area (Å²) in [6.45, 7) is 16.8. The van der Waals surface area contributed by atoms with Gasteiger partial charge in [-0.1, -0.05) is 152 Å². The van der Waals surface area contributed by atoms with Crippen LogP contribution in [-0.4, -0.2) is 34.0 Å². The van der Waals surface area contributed by atoms with Crippen molar-refractivity contribution in [2.24, 2.45) is 9.98 Å². The topological polar surface area (TPSA) is 125 Å². The third-order valence-corrected chi connectivity index (χ3v) is 11.2. The van der Waals surface area contributed by atoms with Crippen molar-refractivity contribution in [2.75, 3.05) is 0 Å². The molecule has 0 bridgehead atoms. The minimum absolute atomic E-state index is 0. The smallest absolute Gasteiger partial charge is 0 e. The monoisotopic (exact) mass is 978 g/mol. The number of aromatic nitrogens is 2. The average Bonchev–Trinajstić information content (AvgIpc) is 3.33. The molecule has 8 nitrogen and oxygen atoms in total. The van der Waals surface area contributed by atoms with E-state index in [0.29, 0.717) is 11.4 Å². The van der Waals surface area contributed by atoms with Gasteiger partial charge in [-0.05, 0) is 81.3 Å². The van der Waals surface area contributed by atoms with E-state index >= 15 is 0 Å². The molecule has 0 fully saturated rings. The molecular weight excluding hydrogens is 919 g/mol. The molecule has 0 saturated carbocycles. The molecule has 10 heteroatoms. The van der Waals surface area contributed by atoms with Crippen LogP contribution in [0, 0.1) is 0 Å². The number of nitrogens with zero attached hydrogens (tertiary/aromatic N) is 2. The molecule has 2 aromatic heterocycles. The Hall–Kier alpha value is -6.29. The molecule has 2 heterocycles. The molecule has 7 rings (SSSR count). The second-order valence-corrected chi connectivity index (χ2v) is 17.4. The number of H-pyrrole nitrogens is 2. The molecule has 0 unspecified atom stereocenters. The van der Waals surface area contributed by atoms with Gasteiger partial charge in [0, 0.05) is 28.5 Å². The SMILES string of the molecule is CC(C)c1cccc(C(C)C)c1N=CC(=O)c1ccc(-c2ccccc2)[nH]c1=O.CC(C)c1cccc(C(C)C)c1N=CC(=O)c1ccc(-c2ccccc2)[nH]c1=O.[Co][CH2]c1ccccc1.[Fe]. The van der Waals surface area contributed by atoms with Gasteiger partial charge in [-0.15, -0.1) is 0 Å². The first-order valence-electron chi connectivity index (χ1n) is 22.3. The Bertz CT molecular complexity index is 2660. The van der Waals surface area contributed by atoms with Gasteiger partial charge in [-0.25, -0.2) is 0 Å². The number of para-hydroxylation sites is 2. The molecule has 0 radical (unpaired) electrons. The molecule has 0 aliphatic rings. The van der Waals surface area contributed by atoms with Crippen LogP contribution >= 0.6 is 0 Å². The van der Waals surface area contributed by atoms with E-state index in [2.05, 4.69) is 103 Å². The second kappa shape index (κ2) is 26.2. The first-order valence-corrected chi connectivity index (χ1v) is 23.0. The molecule has 0 aliphatic carbocycles. The summed E-state index contributed by atoms with van der Waals surface area (Å²) in [6.07, 6.45) is 2.53. The molecule has 2 N–H and O–H groups in total. The molecule has 0 amide bonds. The van der Waals surface area contributed by atoms with Crippen molar-refractivity contribution in [2.45, 2.75) is 84.4 Å². The van der Waals surface area contributed by atoms with Gasteiger partial charge in [0.15, 0.2) is 0 Å². The summed E-state index contributed by atoms with van der Waals surface area (Å²) in [5.74, 6) is 0.321. The van der Waals surface area contributed by atoms with E-state index in [9.17, 15) is 19.2 Å². The zero-order chi connectivity index (χ0) is 47.8. The largest absolute Gasteiger partial charge is 0 e. The summed E-state index contributed by atoms with van der Waals surface area (Å²) in [7, 11) is 0. The summed E-state index contributed by atoms with van der Waals surface area (Å²) in [6, 6.07) is 48.0. The van der Waals surface area contributed by atoms with E-state index < -0.39 is 22.7 Å². The van der Waals surface area contributed by atoms with Crippen molar-refractivity contribution >= 4 is 35.4 Å². The van der Waals surface area contributed by atoms with Crippen molar-refractivity contribution in [1.29, 1.82) is 0 Å². The minimum atomic E-state index is -0.413. The number of carbonyl (C=O) groups excluding carboxylic acids is 2. The number of pyridine rings is 2. The molecule has 7 aromatic rings. The first-order chi connectivity index (χ1) is 31.7. The molecule has 67 heavy (non-hydrogen) atoms. The van der Waals surface area contributed by atoms with Crippen LogP contribution in [0.4, 0.5) is 11.4 Å². The Labute approximate surface area is 413 Å². The molecule has 0 aliphatic heterocycles. The first kappa shape index (κ1) is 53.3. The van der Waals surface area contributed by atoms with Crippen LogP contribution in [0.3, 0.4) is 0 Å². The van der Waals surface area contributed by atoms with Crippen LogP contribution in [0.2, 0.25) is 0 Å². The molecule has 348 valence electrons. The summed E-state index contributed by atoms with van der Waals surface area (Å²) < 4.78 is 0. The number of carbonyl (C=O) groups is 2. The number of rotatable bonds is 13. The van der Waals surface area contributed by atoms with Crippen LogP contribution < -0.4 is 11.1 Å². The summed E-state index contributed by atoms with van der Waals surface area (Å²) >= 11 is 4.15. The standard InChI is InChI=1S/2C25H26N2O2.C7H7.Co.Fe/c2*1-16(2)19-11-8-12-20(17(3)4)24(19)26-15-23(28)21-13-14-22(27-25(21)29)18-9-6-5-7-10-18;1-7-5-3-2-4-6-7;;/h2*5-17H,1-4H3,(H,27,29);2-6H,1H2;;. The molecule has 0 atom stereocenters. The average molecular weight is 979 g/mol. The third kappa shape index (κ3) is 14.9. The number of hydrogen-bond acceptors (Lipinski definition) is 6. The van der Waals surface area contributed by atoms with E-state index in [1.165, 1.54) is 18.0 Å². The van der Waals surface area contributed by atoms with Crippen LogP contribution in [0.5, 0.6) is 0 Å². The van der Waals surface area contributed by atoms with Gasteiger partial charge in [0.25, 0.3) is 11.1 Å². The van der Waals surface area contributed by atoms with Gasteiger partial charge in [0.1, 0.15) is 0 Å². The van der Waals surface area contributed by atoms with E-state index in [1.807, 2.05) is 115 Å². The van der Waals surface area contributed by atoms with Crippen molar-refractivity contribution in [3.63, 3.8) is 0 Å². The number of benzene rings is 5. The maximum atomic E-state index is 12.7. The van der Waals surface area contributed by atoms with Gasteiger partial charge >= 0.3 is 57.0 Å². The Morgan fingerprint density at radius 1 is 0.463 bits per heavy atom. The fourth-order valence-corrected chi connectivity index (χ4v) is 7.42. The second-order valence-electron chi connectivity index (χ2n) is 17.0. The summed E-state index contributed by atoms with van der Waals surface area (Å²) in [5, 5.41) is 0.827. The van der Waals surface area contributed by atoms with Crippen LogP contribution in [-0.2, 0) is 38.2 Å². The van der Waals surface area contributed by atoms with E-state index in [4.69, 9.17) is 0 Å². The predicted molar refractivity (Wildman–Crippen MR) is 269 cm³/mol. The van der Waals surface area contributed by atoms with Gasteiger partial charge in [0.05, 0.1) is 34.9 Å². The van der Waals surface area contributed by atoms with Gasteiger partial charge in [-0.2, -0.15) is 0 Å². The Morgan fingerprint density at radius 2 is 0.776 bits per heavy atom. The summed E-state index contributed by atoms with van der Waals surface area (Å²) in [4.78, 5) is 64.9. The fraction of sp³-hybridized carbons (Fsp3) is 0.228. The number of Topliss-reactive ketones (excluding diaryl/α,β-unsaturated/α-hetero) is 2. The quantitative estimate of drug-likeness (QED) is 0.0678. The predicted octanol–water partition coefficient (Wildman–Crippen LogP) is 13.5. The zero-order valence-corrected chi connectivity index (χ0v) is 41.5. The minimum Gasteiger partial charge on any atom is 0 e. The van der Waals surface area contributed by atoms with Crippen molar-refractivity contribution in [1.82, 2.24) is 9.97 Å². The molecule has 0 saturated heterocycles. The van der Waals surface area contributed by atoms with Gasteiger partial charge in [-0.3, -0.25) is 29.2 Å². The van der Waals surface area contributed by atoms with Crippen LogP contribution in [0.25, 0.3) is 22.5 Å². The maximum absolute atomic E-state index is 12.7. The summed E-state index contributed by atoms with van der Waals surface area (Å²) in [5.41, 5.74) is 9.77. The number of nitrogens with one attached hydrogen (secondary N) is 2. The maximum Gasteiger partial charge on any atom is 0 e. The van der Waals surface area contributed by atoms with Crippen LogP contribution in [0.15, 0.2) is 171 Å². The van der Waals surface area contributed by atoms with Gasteiger partial charge < -0.3 is 9.97 Å².